The fraction of sp³-hybridized carbons (Fsp3) is 0.172. The van der Waals surface area contributed by atoms with E-state index >= 15 is 0 Å². The summed E-state index contributed by atoms with van der Waals surface area (Å²) in [6, 6.07) is 31.4. The SMILES string of the molecule is Cc1ccc(N(c2ccc(C)cc2)c2ccc3c(c2)C(C)(C)c2cc(I)ccc2-3)cc1. The second-order valence-electron chi connectivity index (χ2n) is 9.05. The highest BCUT2D eigenvalue weighted by molar-refractivity contribution is 14.1. The first kappa shape index (κ1) is 20.3. The van der Waals surface area contributed by atoms with Gasteiger partial charge >= 0.3 is 0 Å². The number of rotatable bonds is 3. The number of hydrogen-bond acceptors (Lipinski definition) is 1. The minimum Gasteiger partial charge on any atom is -0.310 e. The van der Waals surface area contributed by atoms with E-state index in [1.807, 2.05) is 0 Å². The van der Waals surface area contributed by atoms with Gasteiger partial charge in [-0.1, -0.05) is 61.4 Å². The molecule has 0 saturated heterocycles. The molecule has 1 aliphatic carbocycles. The molecule has 31 heavy (non-hydrogen) atoms. The van der Waals surface area contributed by atoms with Gasteiger partial charge in [0.05, 0.1) is 0 Å². The molecule has 0 bridgehead atoms. The lowest BCUT2D eigenvalue weighted by Gasteiger charge is -2.28. The highest BCUT2D eigenvalue weighted by atomic mass is 127. The van der Waals surface area contributed by atoms with Gasteiger partial charge in [-0.15, -0.1) is 0 Å². The fourth-order valence-corrected chi connectivity index (χ4v) is 5.16. The Bertz CT molecular complexity index is 1220. The van der Waals surface area contributed by atoms with E-state index in [4.69, 9.17) is 0 Å². The molecule has 5 rings (SSSR count). The Hall–Kier alpha value is -2.59. The van der Waals surface area contributed by atoms with Crippen molar-refractivity contribution in [3.63, 3.8) is 0 Å². The highest BCUT2D eigenvalue weighted by Crippen LogP contribution is 2.50. The number of fused-ring (bicyclic) bond motifs is 3. The highest BCUT2D eigenvalue weighted by Gasteiger charge is 2.36. The zero-order valence-electron chi connectivity index (χ0n) is 18.4. The second kappa shape index (κ2) is 7.52. The molecule has 0 heterocycles. The summed E-state index contributed by atoms with van der Waals surface area (Å²) in [5.41, 5.74) is 11.6. The fourth-order valence-electron chi connectivity index (χ4n) is 4.67. The first-order valence-corrected chi connectivity index (χ1v) is 11.8. The van der Waals surface area contributed by atoms with Gasteiger partial charge in [0.2, 0.25) is 0 Å². The van der Waals surface area contributed by atoms with Gasteiger partial charge in [-0.2, -0.15) is 0 Å². The van der Waals surface area contributed by atoms with Gasteiger partial charge in [0.15, 0.2) is 0 Å². The van der Waals surface area contributed by atoms with Crippen LogP contribution in [0.25, 0.3) is 11.1 Å². The van der Waals surface area contributed by atoms with Crippen LogP contribution in [0.3, 0.4) is 0 Å². The molecule has 0 N–H and O–H groups in total. The molecule has 0 saturated carbocycles. The molecule has 0 aliphatic heterocycles. The topological polar surface area (TPSA) is 3.24 Å². The summed E-state index contributed by atoms with van der Waals surface area (Å²) < 4.78 is 1.29. The van der Waals surface area contributed by atoms with Crippen molar-refractivity contribution < 1.29 is 0 Å². The first-order chi connectivity index (χ1) is 14.8. The van der Waals surface area contributed by atoms with Gasteiger partial charge in [0.1, 0.15) is 0 Å². The van der Waals surface area contributed by atoms with E-state index in [0.717, 1.165) is 0 Å². The summed E-state index contributed by atoms with van der Waals surface area (Å²) in [6.45, 7) is 8.96. The largest absolute Gasteiger partial charge is 0.310 e. The molecule has 154 valence electrons. The number of nitrogens with zero attached hydrogens (tertiary/aromatic N) is 1. The van der Waals surface area contributed by atoms with Crippen LogP contribution in [0.15, 0.2) is 84.9 Å². The number of benzene rings is 4. The van der Waals surface area contributed by atoms with E-state index < -0.39 is 0 Å². The summed E-state index contributed by atoms with van der Waals surface area (Å²) in [6.07, 6.45) is 0. The maximum Gasteiger partial charge on any atom is 0.0465 e. The van der Waals surface area contributed by atoms with Crippen LogP contribution in [0.5, 0.6) is 0 Å². The van der Waals surface area contributed by atoms with Crippen LogP contribution in [0.1, 0.15) is 36.1 Å². The van der Waals surface area contributed by atoms with E-state index in [9.17, 15) is 0 Å². The van der Waals surface area contributed by atoms with Crippen molar-refractivity contribution >= 4 is 39.7 Å². The average Bonchev–Trinajstić information content (AvgIpc) is 2.97. The molecule has 1 nitrogen and oxygen atoms in total. The van der Waals surface area contributed by atoms with Crippen molar-refractivity contribution in [1.82, 2.24) is 0 Å². The Morgan fingerprint density at radius 1 is 0.581 bits per heavy atom. The predicted octanol–water partition coefficient (Wildman–Crippen LogP) is 8.68. The number of hydrogen-bond donors (Lipinski definition) is 0. The molecule has 0 fully saturated rings. The Balaban J connectivity index is 1.68. The maximum absolute atomic E-state index is 2.42. The smallest absolute Gasteiger partial charge is 0.0465 e. The molecule has 0 unspecified atom stereocenters. The number of aryl methyl sites for hydroxylation is 2. The maximum atomic E-state index is 2.42. The summed E-state index contributed by atoms with van der Waals surface area (Å²) >= 11 is 2.42. The summed E-state index contributed by atoms with van der Waals surface area (Å²) in [5.74, 6) is 0. The molecule has 0 spiro atoms. The monoisotopic (exact) mass is 515 g/mol. The van der Waals surface area contributed by atoms with Gasteiger partial charge in [-0.3, -0.25) is 0 Å². The van der Waals surface area contributed by atoms with Crippen LogP contribution in [-0.4, -0.2) is 0 Å². The van der Waals surface area contributed by atoms with E-state index in [0.29, 0.717) is 0 Å². The molecular weight excluding hydrogens is 489 g/mol. The summed E-state index contributed by atoms with van der Waals surface area (Å²) in [7, 11) is 0. The zero-order valence-corrected chi connectivity index (χ0v) is 20.6. The lowest BCUT2D eigenvalue weighted by molar-refractivity contribution is 0.660. The Labute approximate surface area is 198 Å². The first-order valence-electron chi connectivity index (χ1n) is 10.7. The molecule has 4 aromatic rings. The van der Waals surface area contributed by atoms with Crippen molar-refractivity contribution in [3.05, 3.63) is 111 Å². The van der Waals surface area contributed by atoms with Crippen LogP contribution in [-0.2, 0) is 5.41 Å². The van der Waals surface area contributed by atoms with Crippen LogP contribution < -0.4 is 4.90 Å². The van der Waals surface area contributed by atoms with E-state index in [-0.39, 0.29) is 5.41 Å². The summed E-state index contributed by atoms with van der Waals surface area (Å²) in [5, 5.41) is 0. The third-order valence-electron chi connectivity index (χ3n) is 6.46. The van der Waals surface area contributed by atoms with Crippen molar-refractivity contribution in [2.45, 2.75) is 33.1 Å². The third kappa shape index (κ3) is 3.47. The molecule has 0 amide bonds. The second-order valence-corrected chi connectivity index (χ2v) is 10.3. The van der Waals surface area contributed by atoms with Gasteiger partial charge < -0.3 is 4.90 Å². The van der Waals surface area contributed by atoms with Crippen LogP contribution in [0.2, 0.25) is 0 Å². The lowest BCUT2D eigenvalue weighted by atomic mass is 9.82. The van der Waals surface area contributed by atoms with Gasteiger partial charge in [-0.25, -0.2) is 0 Å². The molecule has 4 aromatic carbocycles. The van der Waals surface area contributed by atoms with Gasteiger partial charge in [-0.05, 0) is 107 Å². The normalized spacial score (nSPS) is 13.6. The molecule has 0 aromatic heterocycles. The average molecular weight is 515 g/mol. The van der Waals surface area contributed by atoms with E-state index in [1.54, 1.807) is 0 Å². The Morgan fingerprint density at radius 2 is 1.03 bits per heavy atom. The lowest BCUT2D eigenvalue weighted by Crippen LogP contribution is -2.16. The van der Waals surface area contributed by atoms with E-state index in [1.165, 1.54) is 54.0 Å². The van der Waals surface area contributed by atoms with Crippen molar-refractivity contribution in [2.75, 3.05) is 4.90 Å². The number of anilines is 3. The molecule has 1 aliphatic rings. The van der Waals surface area contributed by atoms with E-state index in [2.05, 4.69) is 140 Å². The van der Waals surface area contributed by atoms with Crippen molar-refractivity contribution in [2.24, 2.45) is 0 Å². The quantitative estimate of drug-likeness (QED) is 0.247. The predicted molar refractivity (Wildman–Crippen MR) is 141 cm³/mol. The van der Waals surface area contributed by atoms with Crippen LogP contribution >= 0.6 is 22.6 Å². The molecular formula is C29H26IN. The Kier molecular flexibility index (Phi) is 4.93. The van der Waals surface area contributed by atoms with Crippen molar-refractivity contribution in [1.29, 1.82) is 0 Å². The van der Waals surface area contributed by atoms with Crippen LogP contribution in [0.4, 0.5) is 17.1 Å². The van der Waals surface area contributed by atoms with Crippen molar-refractivity contribution in [3.8, 4) is 11.1 Å². The molecule has 0 radical (unpaired) electrons. The minimum atomic E-state index is -0.0198. The number of halogens is 1. The zero-order chi connectivity index (χ0) is 21.8. The molecule has 2 heteroatoms. The van der Waals surface area contributed by atoms with Gasteiger partial charge in [0, 0.05) is 26.0 Å². The molecule has 0 atom stereocenters. The standard InChI is InChI=1S/C29H26IN/c1-19-5-10-22(11-6-19)31(23-12-7-20(2)8-13-23)24-14-16-26-25-15-9-21(30)17-27(25)29(3,4)28(26)18-24/h5-18H,1-4H3. The van der Waals surface area contributed by atoms with Crippen LogP contribution in [0, 0.1) is 17.4 Å². The Morgan fingerprint density at radius 3 is 1.58 bits per heavy atom. The van der Waals surface area contributed by atoms with Gasteiger partial charge in [0.25, 0.3) is 0 Å². The third-order valence-corrected chi connectivity index (χ3v) is 7.14. The summed E-state index contributed by atoms with van der Waals surface area (Å²) in [4.78, 5) is 2.36. The minimum absolute atomic E-state index is 0.0198.